The Kier molecular flexibility index (Phi) is 38.7. The Bertz CT molecular complexity index is 5240. The first-order valence-corrected chi connectivity index (χ1v) is 45.7. The molecule has 0 bridgehead atoms. The highest BCUT2D eigenvalue weighted by Gasteiger charge is 2.44. The molecule has 3 aromatic carbocycles. The third kappa shape index (κ3) is 29.3. The number of fused-ring (bicyclic) bond motifs is 4. The number of carbonyl (C=O) groups excluding carboxylic acids is 16. The molecule has 44 heteroatoms. The number of thioether (sulfide) groups is 1. The second-order valence-electron chi connectivity index (χ2n) is 33.8. The molecule has 4 aromatic heterocycles. The number of likely N-dealkylation sites (N-methyl/N-ethyl adjacent to an activating group) is 3. The monoisotopic (exact) mass is 1860 g/mol. The van der Waals surface area contributed by atoms with Crippen LogP contribution in [0.2, 0.25) is 0 Å². The van der Waals surface area contributed by atoms with Gasteiger partial charge in [-0.3, -0.25) is 82.1 Å². The minimum atomic E-state index is -1.85. The molecule has 7 aromatic rings. The number of para-hydroxylation sites is 2. The number of nitrogens with two attached hydrogens (primary N) is 3. The minimum Gasteiger partial charge on any atom is -0.394 e. The Morgan fingerprint density at radius 2 is 1.14 bits per heavy atom. The van der Waals surface area contributed by atoms with Crippen molar-refractivity contribution >= 4 is 134 Å². The fourth-order valence-corrected chi connectivity index (χ4v) is 17.0. The number of unbranched alkanes of at least 4 members (excludes halogenated alkanes) is 2. The highest BCUT2D eigenvalue weighted by Crippen LogP contribution is 2.28. The summed E-state index contributed by atoms with van der Waals surface area (Å²) in [5.41, 5.74) is 20.5. The number of nitrogens with one attached hydrogen (secondary N) is 15. The lowest BCUT2D eigenvalue weighted by atomic mass is 10.00. The van der Waals surface area contributed by atoms with Gasteiger partial charge in [0.2, 0.25) is 94.5 Å². The van der Waals surface area contributed by atoms with Gasteiger partial charge >= 0.3 is 0 Å². The lowest BCUT2D eigenvalue weighted by Crippen LogP contribution is -2.61. The Balaban J connectivity index is 1.09. The van der Waals surface area contributed by atoms with Gasteiger partial charge in [0.1, 0.15) is 72.5 Å². The molecule has 133 heavy (non-hydrogen) atoms. The van der Waals surface area contributed by atoms with Gasteiger partial charge in [-0.05, 0) is 93.0 Å². The van der Waals surface area contributed by atoms with Crippen molar-refractivity contribution in [3.63, 3.8) is 0 Å². The van der Waals surface area contributed by atoms with Crippen LogP contribution in [0, 0.1) is 11.3 Å². The number of aliphatic hydroxyl groups excluding tert-OH is 1. The molecule has 0 spiro atoms. The van der Waals surface area contributed by atoms with Gasteiger partial charge in [-0.25, -0.2) is 9.67 Å². The normalized spacial score (nSPS) is 23.2. The standard InChI is InChI=1S/C89H124N26O17S/c1-9-11-29-69-83(127)103-60(28-20-32-95-89(92)93)79(123)109-68(78(122)98-44-74(91)118)47-133-48-76(120)101-61(35-52-22-14-13-15-23-52)72-43-100-110-115(72)51(5)77(121)105-66(39-73(90)117)87(131)114-33-21-31-70(114)84(128)104-63(38-55-42-94-49-99-55)81(125)106-64(34-50(3)4)85(129)111(6)45-75(119)102-62(36-53-40-96-58-26-18-16-24-56(53)58)80(124)108-67(46-116)82(126)107-65(37-54-41-97-59-27-19-17-25-57(54)59)86(130)113(8)71(30-12-10-2)88(132)112(69)7/h13-19,22-27,40-43,49-51,60-71,96-97,116H,9-12,20-21,28-39,44-48H2,1-8H3,(H2,90,117)(H2,91,118)(H,94,99)(H,98,122)(H,101,120)(H,102,119)(H,103,127)(H,104,128)(H,105,121)(H,106,125)(H,107,126)(H,108,124)(H,109,123)(H4,92,93,95)/t51-,60-,61-,62-,63-,64-,65-,66+,67-,68-,69+,70-,71-/m0/s1. The van der Waals surface area contributed by atoms with Gasteiger partial charge in [0, 0.05) is 105 Å². The topological polar surface area (TPSA) is 632 Å². The summed E-state index contributed by atoms with van der Waals surface area (Å²) in [5.74, 6) is -15.7. The quantitative estimate of drug-likeness (QED) is 0.0167. The largest absolute Gasteiger partial charge is 0.394 e. The lowest BCUT2D eigenvalue weighted by Gasteiger charge is -2.36. The summed E-state index contributed by atoms with van der Waals surface area (Å²) in [6.45, 7) is 6.12. The highest BCUT2D eigenvalue weighted by atomic mass is 32.2. The number of hydrogen-bond acceptors (Lipinski definition) is 22. The molecule has 16 amide bonds. The molecule has 0 radical (unpaired) electrons. The molecule has 2 aliphatic rings. The number of carbonyl (C=O) groups is 16. The molecule has 1 fully saturated rings. The summed E-state index contributed by atoms with van der Waals surface area (Å²) in [7, 11) is 4.02. The molecule has 2 aliphatic heterocycles. The number of guanidine groups is 1. The van der Waals surface area contributed by atoms with Crippen molar-refractivity contribution in [2.24, 2.45) is 23.1 Å². The van der Waals surface area contributed by atoms with Crippen LogP contribution in [0.4, 0.5) is 0 Å². The van der Waals surface area contributed by atoms with E-state index in [-0.39, 0.29) is 101 Å². The summed E-state index contributed by atoms with van der Waals surface area (Å²) in [4.78, 5) is 252. The van der Waals surface area contributed by atoms with Gasteiger partial charge < -0.3 is 115 Å². The van der Waals surface area contributed by atoms with E-state index in [4.69, 9.17) is 22.6 Å². The maximum atomic E-state index is 15.7. The van der Waals surface area contributed by atoms with Crippen LogP contribution in [0.15, 0.2) is 110 Å². The summed E-state index contributed by atoms with van der Waals surface area (Å²) in [5, 5.41) is 58.3. The number of nitrogens with zero attached hydrogens (tertiary/aromatic N) is 8. The van der Waals surface area contributed by atoms with Crippen LogP contribution < -0.4 is 75.7 Å². The molecule has 22 N–H and O–H groups in total. The van der Waals surface area contributed by atoms with Gasteiger partial charge in [0.15, 0.2) is 5.96 Å². The Labute approximate surface area is 773 Å². The maximum absolute atomic E-state index is 15.7. The van der Waals surface area contributed by atoms with Crippen molar-refractivity contribution in [2.75, 3.05) is 65.4 Å². The number of hydrogen-bond donors (Lipinski definition) is 19. The molecule has 6 heterocycles. The number of aromatic nitrogens is 7. The minimum absolute atomic E-state index is 0.00788. The van der Waals surface area contributed by atoms with E-state index in [0.29, 0.717) is 69.9 Å². The summed E-state index contributed by atoms with van der Waals surface area (Å²) >= 11 is 0.863. The second kappa shape index (κ2) is 50.0. The molecular weight excluding hydrogens is 1740 g/mol. The molecule has 9 rings (SSSR count). The van der Waals surface area contributed by atoms with E-state index in [2.05, 4.69) is 88.7 Å². The van der Waals surface area contributed by atoms with Crippen molar-refractivity contribution in [3.05, 3.63) is 138 Å². The Hall–Kier alpha value is -13.8. The van der Waals surface area contributed by atoms with Crippen LogP contribution in [0.25, 0.3) is 21.8 Å². The van der Waals surface area contributed by atoms with Crippen molar-refractivity contribution in [2.45, 2.75) is 216 Å². The number of imidazole rings is 1. The first-order valence-electron chi connectivity index (χ1n) is 44.5. The maximum Gasteiger partial charge on any atom is 0.246 e. The molecule has 43 nitrogen and oxygen atoms in total. The molecule has 0 aliphatic carbocycles. The van der Waals surface area contributed by atoms with E-state index in [0.717, 1.165) is 26.5 Å². The molecule has 718 valence electrons. The van der Waals surface area contributed by atoms with Crippen LogP contribution in [0.5, 0.6) is 0 Å². The van der Waals surface area contributed by atoms with Crippen LogP contribution in [-0.4, -0.2) is 292 Å². The molecule has 0 saturated carbocycles. The lowest BCUT2D eigenvalue weighted by molar-refractivity contribution is -0.149. The first-order chi connectivity index (χ1) is 63.6. The van der Waals surface area contributed by atoms with Gasteiger partial charge in [-0.15, -0.1) is 16.9 Å². The Morgan fingerprint density at radius 1 is 0.564 bits per heavy atom. The fourth-order valence-electron chi connectivity index (χ4n) is 16.1. The van der Waals surface area contributed by atoms with E-state index >= 15 is 24.0 Å². The van der Waals surface area contributed by atoms with Crippen molar-refractivity contribution in [1.29, 1.82) is 5.41 Å². The van der Waals surface area contributed by atoms with Gasteiger partial charge in [0.05, 0.1) is 56.1 Å². The third-order valence-electron chi connectivity index (χ3n) is 23.2. The van der Waals surface area contributed by atoms with Crippen LogP contribution >= 0.6 is 11.8 Å². The second-order valence-corrected chi connectivity index (χ2v) is 34.8. The number of rotatable bonds is 26. The molecule has 0 unspecified atom stereocenters. The van der Waals surface area contributed by atoms with Crippen molar-refractivity contribution in [3.8, 4) is 0 Å². The van der Waals surface area contributed by atoms with Gasteiger partial charge in [-0.1, -0.05) is 125 Å². The number of primary amides is 2. The average Bonchev–Trinajstić information content (AvgIpc) is 1.67. The summed E-state index contributed by atoms with van der Waals surface area (Å²) < 4.78 is 1.19. The predicted molar refractivity (Wildman–Crippen MR) is 491 cm³/mol. The van der Waals surface area contributed by atoms with E-state index < -0.39 is 211 Å². The SMILES string of the molecule is CCCC[C@@H]1C(=O)N[C@@H](CCCNC(=N)N)C(=O)N[C@H](C(=O)NCC(N)=O)CSCC(=O)N[C@@H](Cc2ccccc2)c2cnnn2[C@@H](C)C(=O)N[C@H](CC(N)=O)C(=O)N2CCC[C@H]2C(=O)N[C@@H](Cc2cnc[nH]2)C(=O)N[C@@H](CC(C)C)C(=O)N(C)CC(=O)N[C@@H](Cc2c[nH]c3ccccc23)C(=O)N[C@@H](CO)C(=O)N[C@@H](Cc2c[nH]c3ccccc23)C(=O)N(C)[C@@H](CCCC)C(=O)N1C. The number of aromatic amines is 3. The first kappa shape index (κ1) is 103. The molecular formula is C89H124N26O17S. The number of H-pyrrole nitrogens is 3. The Morgan fingerprint density at radius 3 is 1.75 bits per heavy atom. The zero-order valence-corrected chi connectivity index (χ0v) is 76.8. The van der Waals surface area contributed by atoms with Crippen LogP contribution in [0.3, 0.4) is 0 Å². The van der Waals surface area contributed by atoms with Crippen molar-refractivity contribution in [1.82, 2.24) is 113 Å². The zero-order valence-electron chi connectivity index (χ0n) is 75.9. The average molecular weight is 1860 g/mol. The third-order valence-corrected chi connectivity index (χ3v) is 24.3. The summed E-state index contributed by atoms with van der Waals surface area (Å²) in [6, 6.07) is 3.99. The highest BCUT2D eigenvalue weighted by molar-refractivity contribution is 8.00. The number of amides is 16. The van der Waals surface area contributed by atoms with Crippen LogP contribution in [0.1, 0.15) is 152 Å². The zero-order chi connectivity index (χ0) is 96.7. The van der Waals surface area contributed by atoms with Gasteiger partial charge in [0.25, 0.3) is 0 Å². The predicted octanol–water partition coefficient (Wildman–Crippen LogP) is -1.46. The number of benzene rings is 3. The van der Waals surface area contributed by atoms with Crippen molar-refractivity contribution < 1.29 is 81.8 Å². The fraction of sp³-hybridized carbons (Fsp3) is 0.506. The smallest absolute Gasteiger partial charge is 0.246 e. The van der Waals surface area contributed by atoms with E-state index in [1.54, 1.807) is 105 Å². The molecule has 1 saturated heterocycles. The summed E-state index contributed by atoms with van der Waals surface area (Å²) in [6.07, 6.45) is 7.74. The van der Waals surface area contributed by atoms with E-state index in [1.807, 2.05) is 13.8 Å². The van der Waals surface area contributed by atoms with E-state index in [1.165, 1.54) is 56.4 Å². The van der Waals surface area contributed by atoms with E-state index in [9.17, 15) is 57.8 Å². The number of aliphatic hydroxyl groups is 1. The molecule has 13 atom stereocenters. The van der Waals surface area contributed by atoms with Crippen LogP contribution in [-0.2, 0) is 102 Å². The van der Waals surface area contributed by atoms with Gasteiger partial charge in [-0.2, -0.15) is 0 Å².